The van der Waals surface area contributed by atoms with Crippen molar-refractivity contribution in [3.05, 3.63) is 11.9 Å². The summed E-state index contributed by atoms with van der Waals surface area (Å²) in [6, 6.07) is 0. The van der Waals surface area contributed by atoms with Crippen LogP contribution < -0.4 is 0 Å². The van der Waals surface area contributed by atoms with Gasteiger partial charge in [0.2, 0.25) is 0 Å². The Bertz CT molecular complexity index is 165. The van der Waals surface area contributed by atoms with Crippen molar-refractivity contribution in [2.24, 2.45) is 0 Å². The maximum Gasteiger partial charge on any atom is 0.0303 e. The van der Waals surface area contributed by atoms with Crippen LogP contribution in [0.1, 0.15) is 6.42 Å². The van der Waals surface area contributed by atoms with E-state index in [1.54, 1.807) is 0 Å². The molecule has 1 aliphatic heterocycles. The van der Waals surface area contributed by atoms with Crippen molar-refractivity contribution in [1.29, 1.82) is 0 Å². The van der Waals surface area contributed by atoms with Crippen LogP contribution in [0.5, 0.6) is 0 Å². The summed E-state index contributed by atoms with van der Waals surface area (Å²) in [6.07, 6.45) is 3.26. The summed E-state index contributed by atoms with van der Waals surface area (Å²) in [7, 11) is 6.21. The van der Waals surface area contributed by atoms with Gasteiger partial charge in [0, 0.05) is 51.3 Å². The van der Waals surface area contributed by atoms with Crippen LogP contribution in [0, 0.1) is 0 Å². The van der Waals surface area contributed by atoms with Gasteiger partial charge < -0.3 is 9.80 Å². The summed E-state index contributed by atoms with van der Waals surface area (Å²) in [5.74, 6) is 0. The molecule has 11 heavy (non-hydrogen) atoms. The molecular weight excluding hydrogens is 156 g/mol. The molecular formula is C8H16N2S. The molecule has 0 spiro atoms. The van der Waals surface area contributed by atoms with Crippen LogP contribution in [0.25, 0.3) is 0 Å². The lowest BCUT2D eigenvalue weighted by Gasteiger charge is -2.15. The Morgan fingerprint density at radius 1 is 1.64 bits per heavy atom. The molecule has 1 rings (SSSR count). The van der Waals surface area contributed by atoms with Gasteiger partial charge in [0.25, 0.3) is 0 Å². The van der Waals surface area contributed by atoms with E-state index in [0.717, 1.165) is 13.0 Å². The number of hydrogen-bond acceptors (Lipinski definition) is 3. The van der Waals surface area contributed by atoms with E-state index >= 15 is 0 Å². The highest BCUT2D eigenvalue weighted by Gasteiger charge is 2.20. The molecule has 1 unspecified atom stereocenters. The van der Waals surface area contributed by atoms with Crippen LogP contribution in [0.3, 0.4) is 0 Å². The molecule has 0 radical (unpaired) electrons. The van der Waals surface area contributed by atoms with E-state index in [-0.39, 0.29) is 0 Å². The van der Waals surface area contributed by atoms with Crippen molar-refractivity contribution in [3.63, 3.8) is 0 Å². The van der Waals surface area contributed by atoms with Gasteiger partial charge in [-0.3, -0.25) is 0 Å². The molecule has 0 aromatic heterocycles. The Balaban J connectivity index is 2.59. The third-order valence-electron chi connectivity index (χ3n) is 1.83. The molecule has 3 heteroatoms. The monoisotopic (exact) mass is 172 g/mol. The van der Waals surface area contributed by atoms with Gasteiger partial charge in [-0.05, 0) is 0 Å². The summed E-state index contributed by atoms with van der Waals surface area (Å²) >= 11 is 4.43. The van der Waals surface area contributed by atoms with Crippen LogP contribution in [-0.4, -0.2) is 42.7 Å². The van der Waals surface area contributed by atoms with Crippen molar-refractivity contribution < 1.29 is 0 Å². The Hall–Kier alpha value is -0.310. The van der Waals surface area contributed by atoms with Gasteiger partial charge in [-0.2, -0.15) is 12.6 Å². The molecule has 64 valence electrons. The molecule has 0 aromatic carbocycles. The van der Waals surface area contributed by atoms with Gasteiger partial charge in [0.15, 0.2) is 0 Å². The zero-order chi connectivity index (χ0) is 8.43. The average molecular weight is 172 g/mol. The van der Waals surface area contributed by atoms with E-state index in [9.17, 15) is 0 Å². The summed E-state index contributed by atoms with van der Waals surface area (Å²) in [4.78, 5) is 4.34. The van der Waals surface area contributed by atoms with Crippen LogP contribution in [0.15, 0.2) is 11.9 Å². The van der Waals surface area contributed by atoms with E-state index in [0.29, 0.717) is 5.25 Å². The van der Waals surface area contributed by atoms with Gasteiger partial charge in [-0.15, -0.1) is 0 Å². The fraction of sp³-hybridized carbons (Fsp3) is 0.750. The number of rotatable bonds is 1. The summed E-state index contributed by atoms with van der Waals surface area (Å²) < 4.78 is 0. The second kappa shape index (κ2) is 3.39. The Morgan fingerprint density at radius 2 is 2.27 bits per heavy atom. The van der Waals surface area contributed by atoms with Gasteiger partial charge >= 0.3 is 0 Å². The molecule has 2 nitrogen and oxygen atoms in total. The summed E-state index contributed by atoms with van der Waals surface area (Å²) in [5, 5.41) is 0.520. The van der Waals surface area contributed by atoms with E-state index < -0.39 is 0 Å². The number of allylic oxidation sites excluding steroid dienone is 1. The molecule has 1 heterocycles. The lowest BCUT2D eigenvalue weighted by molar-refractivity contribution is 0.458. The highest BCUT2D eigenvalue weighted by atomic mass is 32.1. The smallest absolute Gasteiger partial charge is 0.0303 e. The van der Waals surface area contributed by atoms with E-state index in [2.05, 4.69) is 35.7 Å². The van der Waals surface area contributed by atoms with Crippen molar-refractivity contribution in [2.75, 3.05) is 27.7 Å². The van der Waals surface area contributed by atoms with Crippen molar-refractivity contribution in [1.82, 2.24) is 9.80 Å². The maximum absolute atomic E-state index is 4.43. The lowest BCUT2D eigenvalue weighted by atomic mass is 10.3. The molecule has 0 aliphatic carbocycles. The molecule has 0 bridgehead atoms. The number of thiol groups is 1. The Labute approximate surface area is 74.3 Å². The van der Waals surface area contributed by atoms with Crippen LogP contribution >= 0.6 is 12.6 Å². The van der Waals surface area contributed by atoms with E-state index in [1.165, 1.54) is 5.70 Å². The largest absolute Gasteiger partial charge is 0.382 e. The molecule has 0 aromatic rings. The van der Waals surface area contributed by atoms with Gasteiger partial charge in [0.05, 0.1) is 0 Å². The fourth-order valence-corrected chi connectivity index (χ4v) is 1.78. The summed E-state index contributed by atoms with van der Waals surface area (Å²) in [5.41, 5.74) is 1.38. The predicted octanol–water partition coefficient (Wildman–Crippen LogP) is 1.02. The number of nitrogens with zero attached hydrogens (tertiary/aromatic N) is 2. The Kier molecular flexibility index (Phi) is 2.71. The van der Waals surface area contributed by atoms with E-state index in [4.69, 9.17) is 0 Å². The maximum atomic E-state index is 4.43. The van der Waals surface area contributed by atoms with Crippen LogP contribution in [0.4, 0.5) is 0 Å². The topological polar surface area (TPSA) is 6.48 Å². The molecule has 1 aliphatic rings. The molecule has 0 amide bonds. The molecule has 1 atom stereocenters. The quantitative estimate of drug-likeness (QED) is 0.590. The second-order valence-electron chi connectivity index (χ2n) is 3.32. The van der Waals surface area contributed by atoms with Crippen molar-refractivity contribution in [3.8, 4) is 0 Å². The minimum atomic E-state index is 0.520. The normalized spacial score (nSPS) is 28.2. The standard InChI is InChI=1S/C8H16N2S/c1-9(2)5-7-4-8(11)6-10(7)3/h5,8,11H,4,6H2,1-3H3/b7-5+. The zero-order valence-corrected chi connectivity index (χ0v) is 8.30. The minimum Gasteiger partial charge on any atom is -0.382 e. The average Bonchev–Trinajstić information content (AvgIpc) is 2.09. The molecule has 1 fully saturated rings. The van der Waals surface area contributed by atoms with Crippen LogP contribution in [0.2, 0.25) is 0 Å². The predicted molar refractivity (Wildman–Crippen MR) is 51.8 cm³/mol. The van der Waals surface area contributed by atoms with Crippen molar-refractivity contribution >= 4 is 12.6 Å². The number of hydrogen-bond donors (Lipinski definition) is 1. The SMILES string of the molecule is CN(C)/C=C1\CC(S)CN1C. The Morgan fingerprint density at radius 3 is 2.64 bits per heavy atom. The van der Waals surface area contributed by atoms with Crippen LogP contribution in [-0.2, 0) is 0 Å². The van der Waals surface area contributed by atoms with Gasteiger partial charge in [-0.1, -0.05) is 0 Å². The summed E-state index contributed by atoms with van der Waals surface area (Å²) in [6.45, 7) is 1.07. The number of likely N-dealkylation sites (tertiary alicyclic amines) is 1. The third-order valence-corrected chi connectivity index (χ3v) is 2.17. The fourth-order valence-electron chi connectivity index (χ4n) is 1.34. The highest BCUT2D eigenvalue weighted by Crippen LogP contribution is 2.22. The van der Waals surface area contributed by atoms with E-state index in [1.807, 2.05) is 14.1 Å². The molecule has 0 N–H and O–H groups in total. The lowest BCUT2D eigenvalue weighted by Crippen LogP contribution is -2.15. The van der Waals surface area contributed by atoms with Gasteiger partial charge in [0.1, 0.15) is 0 Å². The first-order chi connectivity index (χ1) is 5.09. The minimum absolute atomic E-state index is 0.520. The molecule has 0 saturated carbocycles. The van der Waals surface area contributed by atoms with Gasteiger partial charge in [-0.25, -0.2) is 0 Å². The first kappa shape index (κ1) is 8.78. The van der Waals surface area contributed by atoms with Crippen molar-refractivity contribution in [2.45, 2.75) is 11.7 Å². The first-order valence-corrected chi connectivity index (χ1v) is 4.37. The second-order valence-corrected chi connectivity index (χ2v) is 4.05. The zero-order valence-electron chi connectivity index (χ0n) is 7.41. The first-order valence-electron chi connectivity index (χ1n) is 3.86. The highest BCUT2D eigenvalue weighted by molar-refractivity contribution is 7.81. The molecule has 1 saturated heterocycles. The third kappa shape index (κ3) is 2.33.